The molecule has 2 aromatic carbocycles. The van der Waals surface area contributed by atoms with E-state index < -0.39 is 11.7 Å². The van der Waals surface area contributed by atoms with Crippen molar-refractivity contribution < 1.29 is 18.0 Å². The van der Waals surface area contributed by atoms with Gasteiger partial charge in [0.15, 0.2) is 0 Å². The summed E-state index contributed by atoms with van der Waals surface area (Å²) < 4.78 is 38.1. The molecule has 0 bridgehead atoms. The van der Waals surface area contributed by atoms with E-state index in [-0.39, 0.29) is 5.91 Å². The smallest absolute Gasteiger partial charge is 0.353 e. The largest absolute Gasteiger partial charge is 0.417 e. The van der Waals surface area contributed by atoms with Crippen molar-refractivity contribution in [2.24, 2.45) is 0 Å². The molecule has 7 heteroatoms. The summed E-state index contributed by atoms with van der Waals surface area (Å²) in [5.41, 5.74) is 1.99. The zero-order valence-electron chi connectivity index (χ0n) is 16.1. The lowest BCUT2D eigenvalue weighted by molar-refractivity contribution is -0.137. The van der Waals surface area contributed by atoms with Crippen LogP contribution in [0, 0.1) is 0 Å². The highest BCUT2D eigenvalue weighted by atomic mass is 19.4. The van der Waals surface area contributed by atoms with Crippen LogP contribution in [0.15, 0.2) is 72.9 Å². The zero-order chi connectivity index (χ0) is 21.1. The van der Waals surface area contributed by atoms with Crippen LogP contribution in [0.2, 0.25) is 0 Å². The molecule has 154 valence electrons. The van der Waals surface area contributed by atoms with Gasteiger partial charge in [-0.3, -0.25) is 4.79 Å². The number of halogens is 3. The lowest BCUT2D eigenvalue weighted by Gasteiger charge is -2.35. The average molecular weight is 411 g/mol. The minimum Gasteiger partial charge on any atom is -0.353 e. The molecule has 0 radical (unpaired) electrons. The Morgan fingerprint density at radius 2 is 1.43 bits per heavy atom. The number of anilines is 1. The van der Waals surface area contributed by atoms with Gasteiger partial charge in [0.05, 0.1) is 5.56 Å². The highest BCUT2D eigenvalue weighted by Crippen LogP contribution is 2.29. The molecule has 1 saturated heterocycles. The minimum absolute atomic E-state index is 0.0466. The third-order valence-corrected chi connectivity index (χ3v) is 5.21. The number of carbonyl (C=O) groups excluding carboxylic acids is 1. The van der Waals surface area contributed by atoms with Gasteiger partial charge in [0, 0.05) is 37.9 Å². The second kappa shape index (κ2) is 8.18. The molecule has 1 aliphatic heterocycles. The first-order valence-corrected chi connectivity index (χ1v) is 9.65. The van der Waals surface area contributed by atoms with Gasteiger partial charge in [-0.05, 0) is 35.4 Å². The van der Waals surface area contributed by atoms with E-state index in [1.54, 1.807) is 4.90 Å². The Balaban J connectivity index is 1.37. The van der Waals surface area contributed by atoms with Gasteiger partial charge in [0.2, 0.25) is 0 Å². The Bertz CT molecular complexity index is 995. The topological polar surface area (TPSA) is 36.4 Å². The van der Waals surface area contributed by atoms with Crippen molar-refractivity contribution >= 4 is 11.7 Å². The van der Waals surface area contributed by atoms with Crippen molar-refractivity contribution in [2.75, 3.05) is 31.1 Å². The highest BCUT2D eigenvalue weighted by Gasteiger charge is 2.31. The summed E-state index contributed by atoms with van der Waals surface area (Å²) in [6, 6.07) is 19.9. The number of rotatable bonds is 3. The maximum Gasteiger partial charge on any atom is 0.417 e. The zero-order valence-corrected chi connectivity index (χ0v) is 16.1. The van der Waals surface area contributed by atoms with Gasteiger partial charge in [-0.25, -0.2) is 4.98 Å². The third-order valence-electron chi connectivity index (χ3n) is 5.21. The molecule has 1 aliphatic rings. The quantitative estimate of drug-likeness (QED) is 0.625. The normalized spacial score (nSPS) is 14.6. The Kier molecular flexibility index (Phi) is 5.44. The highest BCUT2D eigenvalue weighted by molar-refractivity contribution is 5.94. The van der Waals surface area contributed by atoms with E-state index in [1.165, 1.54) is 6.07 Å². The fourth-order valence-corrected chi connectivity index (χ4v) is 3.50. The maximum absolute atomic E-state index is 12.8. The summed E-state index contributed by atoms with van der Waals surface area (Å²) in [5, 5.41) is 0. The van der Waals surface area contributed by atoms with Crippen molar-refractivity contribution in [1.82, 2.24) is 9.88 Å². The number of aromatic nitrogens is 1. The first-order chi connectivity index (χ1) is 14.4. The predicted molar refractivity (Wildman–Crippen MR) is 109 cm³/mol. The molecule has 1 amide bonds. The van der Waals surface area contributed by atoms with Crippen LogP contribution < -0.4 is 4.90 Å². The van der Waals surface area contributed by atoms with Gasteiger partial charge < -0.3 is 9.80 Å². The van der Waals surface area contributed by atoms with Gasteiger partial charge in [-0.1, -0.05) is 42.5 Å². The molecular formula is C23H20F3N3O. The van der Waals surface area contributed by atoms with Gasteiger partial charge in [0.25, 0.3) is 5.91 Å². The van der Waals surface area contributed by atoms with E-state index in [2.05, 4.69) is 4.98 Å². The molecule has 0 spiro atoms. The van der Waals surface area contributed by atoms with Crippen molar-refractivity contribution in [3.05, 3.63) is 84.1 Å². The van der Waals surface area contributed by atoms with Crippen molar-refractivity contribution in [3.63, 3.8) is 0 Å². The summed E-state index contributed by atoms with van der Waals surface area (Å²) in [4.78, 5) is 20.4. The van der Waals surface area contributed by atoms with E-state index in [0.29, 0.717) is 37.6 Å². The molecule has 0 unspecified atom stereocenters. The standard InChI is InChI=1S/C23H20F3N3O/c24-23(25,26)20-10-11-21(27-16-20)28-12-14-29(15-13-28)22(30)19-8-6-18(7-9-19)17-4-2-1-3-5-17/h1-11,16H,12-15H2. The van der Waals surface area contributed by atoms with E-state index in [0.717, 1.165) is 23.4 Å². The van der Waals surface area contributed by atoms with Crippen molar-refractivity contribution in [3.8, 4) is 11.1 Å². The van der Waals surface area contributed by atoms with E-state index in [1.807, 2.05) is 59.5 Å². The molecule has 0 aliphatic carbocycles. The minimum atomic E-state index is -4.40. The fourth-order valence-electron chi connectivity index (χ4n) is 3.50. The first kappa shape index (κ1) is 19.9. The van der Waals surface area contributed by atoms with Crippen molar-refractivity contribution in [2.45, 2.75) is 6.18 Å². The summed E-state index contributed by atoms with van der Waals surface area (Å²) in [6.07, 6.45) is -3.55. The Morgan fingerprint density at radius 1 is 0.800 bits per heavy atom. The third kappa shape index (κ3) is 4.30. The number of hydrogen-bond acceptors (Lipinski definition) is 3. The molecule has 1 aromatic heterocycles. The molecule has 1 fully saturated rings. The fraction of sp³-hybridized carbons (Fsp3) is 0.217. The number of pyridine rings is 1. The molecule has 0 N–H and O–H groups in total. The number of piperazine rings is 1. The van der Waals surface area contributed by atoms with Gasteiger partial charge in [-0.15, -0.1) is 0 Å². The van der Waals surface area contributed by atoms with Crippen LogP contribution >= 0.6 is 0 Å². The van der Waals surface area contributed by atoms with Crippen LogP contribution in [-0.2, 0) is 6.18 Å². The van der Waals surface area contributed by atoms with Crippen LogP contribution in [0.25, 0.3) is 11.1 Å². The SMILES string of the molecule is O=C(c1ccc(-c2ccccc2)cc1)N1CCN(c2ccc(C(F)(F)F)cn2)CC1. The van der Waals surface area contributed by atoms with Crippen LogP contribution in [-0.4, -0.2) is 42.0 Å². The van der Waals surface area contributed by atoms with Gasteiger partial charge in [0.1, 0.15) is 5.82 Å². The van der Waals surface area contributed by atoms with Crippen LogP contribution in [0.1, 0.15) is 15.9 Å². The van der Waals surface area contributed by atoms with Gasteiger partial charge in [-0.2, -0.15) is 13.2 Å². The van der Waals surface area contributed by atoms with E-state index in [4.69, 9.17) is 0 Å². The van der Waals surface area contributed by atoms with Gasteiger partial charge >= 0.3 is 6.18 Å². The average Bonchev–Trinajstić information content (AvgIpc) is 2.79. The summed E-state index contributed by atoms with van der Waals surface area (Å²) in [5.74, 6) is 0.442. The Labute approximate surface area is 172 Å². The number of benzene rings is 2. The maximum atomic E-state index is 12.8. The molecular weight excluding hydrogens is 391 g/mol. The monoisotopic (exact) mass is 411 g/mol. The van der Waals surface area contributed by atoms with Crippen LogP contribution in [0.3, 0.4) is 0 Å². The number of carbonyl (C=O) groups is 1. The molecule has 2 heterocycles. The molecule has 0 saturated carbocycles. The Hall–Kier alpha value is -3.35. The second-order valence-corrected chi connectivity index (χ2v) is 7.13. The lowest BCUT2D eigenvalue weighted by Crippen LogP contribution is -2.49. The van der Waals surface area contributed by atoms with Crippen LogP contribution in [0.5, 0.6) is 0 Å². The first-order valence-electron chi connectivity index (χ1n) is 9.65. The Morgan fingerprint density at radius 3 is 2.00 bits per heavy atom. The molecule has 4 nitrogen and oxygen atoms in total. The molecule has 30 heavy (non-hydrogen) atoms. The molecule has 3 aromatic rings. The van der Waals surface area contributed by atoms with E-state index >= 15 is 0 Å². The number of nitrogens with zero attached hydrogens (tertiary/aromatic N) is 3. The molecule has 0 atom stereocenters. The second-order valence-electron chi connectivity index (χ2n) is 7.13. The lowest BCUT2D eigenvalue weighted by atomic mass is 10.0. The molecule has 4 rings (SSSR count). The summed E-state index contributed by atoms with van der Waals surface area (Å²) in [7, 11) is 0. The van der Waals surface area contributed by atoms with E-state index in [9.17, 15) is 18.0 Å². The number of hydrogen-bond donors (Lipinski definition) is 0. The summed E-state index contributed by atoms with van der Waals surface area (Å²) >= 11 is 0. The number of amides is 1. The number of alkyl halides is 3. The predicted octanol–water partition coefficient (Wildman–Crippen LogP) is 4.73. The summed E-state index contributed by atoms with van der Waals surface area (Å²) in [6.45, 7) is 2.02. The van der Waals surface area contributed by atoms with Crippen LogP contribution in [0.4, 0.5) is 19.0 Å². The van der Waals surface area contributed by atoms with Crippen molar-refractivity contribution in [1.29, 1.82) is 0 Å².